The fourth-order valence-electron chi connectivity index (χ4n) is 1.36. The van der Waals surface area contributed by atoms with Crippen molar-refractivity contribution in [3.8, 4) is 0 Å². The van der Waals surface area contributed by atoms with E-state index in [1.165, 1.54) is 0 Å². The van der Waals surface area contributed by atoms with E-state index in [-0.39, 0.29) is 13.2 Å². The molecule has 0 bridgehead atoms. The fourth-order valence-corrected chi connectivity index (χ4v) is 1.36. The van der Waals surface area contributed by atoms with Crippen LogP contribution in [0.2, 0.25) is 0 Å². The highest BCUT2D eigenvalue weighted by Gasteiger charge is 2.08. The van der Waals surface area contributed by atoms with Crippen LogP contribution < -0.4 is 0 Å². The topological polar surface area (TPSA) is 76.7 Å². The summed E-state index contributed by atoms with van der Waals surface area (Å²) in [6, 6.07) is 0. The average Bonchev–Trinajstić information content (AvgIpc) is 2.71. The number of imidazole rings is 1. The van der Waals surface area contributed by atoms with Crippen LogP contribution in [-0.4, -0.2) is 46.7 Å². The third kappa shape index (κ3) is 3.57. The molecule has 0 saturated carbocycles. The normalized spacial score (nSPS) is 10.9. The summed E-state index contributed by atoms with van der Waals surface area (Å²) in [5.41, 5.74) is 1.15. The molecule has 0 spiro atoms. The molecule has 0 aliphatic carbocycles. The Hall–Kier alpha value is -0.950. The van der Waals surface area contributed by atoms with Gasteiger partial charge in [-0.25, -0.2) is 4.98 Å². The summed E-state index contributed by atoms with van der Waals surface area (Å²) in [6.45, 7) is 1.96. The van der Waals surface area contributed by atoms with Crippen molar-refractivity contribution in [3.05, 3.63) is 17.7 Å². The fraction of sp³-hybridized carbons (Fsp3) is 0.700. The molecule has 1 aromatic heterocycles. The minimum atomic E-state index is -0.159. The van der Waals surface area contributed by atoms with Crippen LogP contribution in [-0.2, 0) is 29.2 Å². The Bertz CT molecular complexity index is 301. The molecule has 0 aromatic carbocycles. The smallest absolute Gasteiger partial charge is 0.0954 e. The summed E-state index contributed by atoms with van der Waals surface area (Å²) >= 11 is 0. The first kappa shape index (κ1) is 13.1. The predicted octanol–water partition coefficient (Wildman–Crippen LogP) is -0.469. The molecule has 6 heteroatoms. The van der Waals surface area contributed by atoms with Crippen molar-refractivity contribution in [1.82, 2.24) is 9.55 Å². The van der Waals surface area contributed by atoms with Crippen LogP contribution in [0.25, 0.3) is 0 Å². The molecular formula is C10H18N2O4. The SMILES string of the molecule is COCCOCCn1cnc(CO)c1CO. The average molecular weight is 230 g/mol. The van der Waals surface area contributed by atoms with Crippen molar-refractivity contribution in [2.24, 2.45) is 0 Å². The Morgan fingerprint density at radius 3 is 2.69 bits per heavy atom. The maximum atomic E-state index is 9.13. The van der Waals surface area contributed by atoms with Crippen LogP contribution in [0.5, 0.6) is 0 Å². The van der Waals surface area contributed by atoms with Crippen LogP contribution in [0.3, 0.4) is 0 Å². The zero-order valence-electron chi connectivity index (χ0n) is 9.43. The number of aliphatic hydroxyl groups excluding tert-OH is 2. The van der Waals surface area contributed by atoms with Crippen LogP contribution >= 0.6 is 0 Å². The molecule has 2 N–H and O–H groups in total. The number of aliphatic hydroxyl groups is 2. The molecular weight excluding hydrogens is 212 g/mol. The van der Waals surface area contributed by atoms with Crippen LogP contribution in [0.1, 0.15) is 11.4 Å². The van der Waals surface area contributed by atoms with Gasteiger partial charge in [-0.3, -0.25) is 0 Å². The molecule has 1 heterocycles. The molecule has 0 atom stereocenters. The van der Waals surface area contributed by atoms with Crippen molar-refractivity contribution in [1.29, 1.82) is 0 Å². The van der Waals surface area contributed by atoms with Gasteiger partial charge in [0.2, 0.25) is 0 Å². The molecule has 6 nitrogen and oxygen atoms in total. The van der Waals surface area contributed by atoms with Gasteiger partial charge in [0, 0.05) is 13.7 Å². The van der Waals surface area contributed by atoms with Crippen molar-refractivity contribution < 1.29 is 19.7 Å². The Morgan fingerprint density at radius 2 is 2.06 bits per heavy atom. The van der Waals surface area contributed by atoms with Gasteiger partial charge in [0.1, 0.15) is 0 Å². The standard InChI is InChI=1S/C10H18N2O4/c1-15-4-5-16-3-2-12-8-11-9(6-13)10(12)7-14/h8,13-14H,2-7H2,1H3. The summed E-state index contributed by atoms with van der Waals surface area (Å²) in [7, 11) is 1.62. The second-order valence-corrected chi connectivity index (χ2v) is 3.25. The van der Waals surface area contributed by atoms with E-state index < -0.39 is 0 Å². The number of hydrogen-bond acceptors (Lipinski definition) is 5. The molecule has 92 valence electrons. The first-order valence-corrected chi connectivity index (χ1v) is 5.14. The van der Waals surface area contributed by atoms with Crippen molar-refractivity contribution >= 4 is 0 Å². The molecule has 1 rings (SSSR count). The molecule has 0 saturated heterocycles. The first-order valence-electron chi connectivity index (χ1n) is 5.14. The Labute approximate surface area is 94.4 Å². The van der Waals surface area contributed by atoms with Crippen LogP contribution in [0.4, 0.5) is 0 Å². The zero-order chi connectivity index (χ0) is 11.8. The van der Waals surface area contributed by atoms with Gasteiger partial charge in [-0.05, 0) is 0 Å². The second-order valence-electron chi connectivity index (χ2n) is 3.25. The molecule has 1 aromatic rings. The highest BCUT2D eigenvalue weighted by molar-refractivity contribution is 5.11. The van der Waals surface area contributed by atoms with E-state index in [1.54, 1.807) is 18.0 Å². The van der Waals surface area contributed by atoms with Crippen molar-refractivity contribution in [2.75, 3.05) is 26.9 Å². The summed E-state index contributed by atoms with van der Waals surface area (Å²) in [4.78, 5) is 3.99. The molecule has 0 aliphatic rings. The monoisotopic (exact) mass is 230 g/mol. The zero-order valence-corrected chi connectivity index (χ0v) is 9.43. The van der Waals surface area contributed by atoms with Gasteiger partial charge < -0.3 is 24.3 Å². The third-order valence-corrected chi connectivity index (χ3v) is 2.24. The Morgan fingerprint density at radius 1 is 1.25 bits per heavy atom. The van der Waals surface area contributed by atoms with Gasteiger partial charge in [-0.1, -0.05) is 0 Å². The van der Waals surface area contributed by atoms with Crippen molar-refractivity contribution in [2.45, 2.75) is 19.8 Å². The maximum absolute atomic E-state index is 9.13. The highest BCUT2D eigenvalue weighted by atomic mass is 16.5. The van der Waals surface area contributed by atoms with E-state index in [4.69, 9.17) is 19.7 Å². The summed E-state index contributed by atoms with van der Waals surface area (Å²) in [6.07, 6.45) is 1.59. The molecule has 16 heavy (non-hydrogen) atoms. The van der Waals surface area contributed by atoms with Gasteiger partial charge in [-0.2, -0.15) is 0 Å². The molecule has 0 fully saturated rings. The van der Waals surface area contributed by atoms with Crippen LogP contribution in [0, 0.1) is 0 Å². The molecule has 0 unspecified atom stereocenters. The van der Waals surface area contributed by atoms with E-state index in [0.29, 0.717) is 37.8 Å². The van der Waals surface area contributed by atoms with E-state index in [2.05, 4.69) is 4.98 Å². The Balaban J connectivity index is 2.38. The minimum absolute atomic E-state index is 0.131. The van der Waals surface area contributed by atoms with Gasteiger partial charge in [-0.15, -0.1) is 0 Å². The lowest BCUT2D eigenvalue weighted by Crippen LogP contribution is -2.11. The van der Waals surface area contributed by atoms with Gasteiger partial charge in [0.05, 0.1) is 50.7 Å². The van der Waals surface area contributed by atoms with Crippen LogP contribution in [0.15, 0.2) is 6.33 Å². The molecule has 0 radical (unpaired) electrons. The lowest BCUT2D eigenvalue weighted by Gasteiger charge is -2.07. The first-order chi connectivity index (χ1) is 7.83. The van der Waals surface area contributed by atoms with E-state index >= 15 is 0 Å². The number of methoxy groups -OCH3 is 1. The third-order valence-electron chi connectivity index (χ3n) is 2.24. The molecule has 0 amide bonds. The van der Waals surface area contributed by atoms with Gasteiger partial charge >= 0.3 is 0 Å². The Kier molecular flexibility index (Phi) is 6.02. The largest absolute Gasteiger partial charge is 0.390 e. The summed E-state index contributed by atoms with van der Waals surface area (Å²) in [5.74, 6) is 0. The van der Waals surface area contributed by atoms with Gasteiger partial charge in [0.15, 0.2) is 0 Å². The predicted molar refractivity (Wildman–Crippen MR) is 56.8 cm³/mol. The lowest BCUT2D eigenvalue weighted by molar-refractivity contribution is 0.0659. The quantitative estimate of drug-likeness (QED) is 0.590. The maximum Gasteiger partial charge on any atom is 0.0954 e. The van der Waals surface area contributed by atoms with E-state index in [9.17, 15) is 0 Å². The number of hydrogen-bond donors (Lipinski definition) is 2. The van der Waals surface area contributed by atoms with E-state index in [0.717, 1.165) is 0 Å². The number of nitrogens with zero attached hydrogens (tertiary/aromatic N) is 2. The minimum Gasteiger partial charge on any atom is -0.390 e. The number of rotatable bonds is 8. The summed E-state index contributed by atoms with van der Waals surface area (Å²) in [5, 5.41) is 18.1. The number of aromatic nitrogens is 2. The highest BCUT2D eigenvalue weighted by Crippen LogP contribution is 2.07. The van der Waals surface area contributed by atoms with Crippen molar-refractivity contribution in [3.63, 3.8) is 0 Å². The second kappa shape index (κ2) is 7.34. The van der Waals surface area contributed by atoms with E-state index in [1.807, 2.05) is 0 Å². The summed E-state index contributed by atoms with van der Waals surface area (Å²) < 4.78 is 11.9. The lowest BCUT2D eigenvalue weighted by atomic mass is 10.3. The number of ether oxygens (including phenoxy) is 2. The van der Waals surface area contributed by atoms with Gasteiger partial charge in [0.25, 0.3) is 0 Å². The molecule has 0 aliphatic heterocycles.